The summed E-state index contributed by atoms with van der Waals surface area (Å²) in [4.78, 5) is 15.6. The molecule has 2 N–H and O–H groups in total. The van der Waals surface area contributed by atoms with Crippen molar-refractivity contribution in [2.45, 2.75) is 24.3 Å². The normalized spacial score (nSPS) is 15.3. The predicted octanol–water partition coefficient (Wildman–Crippen LogP) is 3.45. The Balaban J connectivity index is 1.60. The number of nitrogens with zero attached hydrogens (tertiary/aromatic N) is 1. The van der Waals surface area contributed by atoms with Gasteiger partial charge >= 0.3 is 0 Å². The molecule has 0 spiro atoms. The smallest absolute Gasteiger partial charge is 0.262 e. The number of ether oxygens (including phenoxy) is 1. The van der Waals surface area contributed by atoms with Crippen LogP contribution in [0.4, 0.5) is 5.69 Å². The van der Waals surface area contributed by atoms with E-state index in [4.69, 9.17) is 17.0 Å². The van der Waals surface area contributed by atoms with Crippen molar-refractivity contribution in [2.24, 2.45) is 0 Å². The van der Waals surface area contributed by atoms with E-state index >= 15 is 0 Å². The Morgan fingerprint density at radius 1 is 1.14 bits per heavy atom. The minimum absolute atomic E-state index is 0.108. The average molecular weight is 416 g/mol. The van der Waals surface area contributed by atoms with E-state index in [1.807, 2.05) is 54.3 Å². The molecule has 1 aliphatic heterocycles. The topological polar surface area (TPSA) is 53.6 Å². The zero-order valence-electron chi connectivity index (χ0n) is 15.9. The molecule has 0 saturated heterocycles. The first-order valence-electron chi connectivity index (χ1n) is 9.45. The van der Waals surface area contributed by atoms with Crippen LogP contribution in [-0.4, -0.2) is 42.5 Å². The molecule has 0 unspecified atom stereocenters. The van der Waals surface area contributed by atoms with Crippen LogP contribution in [-0.2, 0) is 4.79 Å². The summed E-state index contributed by atoms with van der Waals surface area (Å²) in [7, 11) is 0. The summed E-state index contributed by atoms with van der Waals surface area (Å²) < 4.78 is 5.91. The number of thioether (sulfide) groups is 1. The maximum Gasteiger partial charge on any atom is 0.262 e. The summed E-state index contributed by atoms with van der Waals surface area (Å²) in [5.74, 6) is 1.47. The maximum absolute atomic E-state index is 12.4. The SMILES string of the molecule is CCCNC(=O)[C@H]1CN(C(=S)NCCSc2ccccc2)c2ccccc2O1. The fourth-order valence-electron chi connectivity index (χ4n) is 2.86. The molecule has 0 aliphatic carbocycles. The van der Waals surface area contributed by atoms with Crippen LogP contribution in [0.25, 0.3) is 0 Å². The molecule has 1 heterocycles. The number of hydrogen-bond acceptors (Lipinski definition) is 4. The first-order chi connectivity index (χ1) is 13.7. The Hall–Kier alpha value is -2.25. The van der Waals surface area contributed by atoms with Gasteiger partial charge in [-0.1, -0.05) is 37.3 Å². The summed E-state index contributed by atoms with van der Waals surface area (Å²) in [5.41, 5.74) is 0.884. The molecule has 3 rings (SSSR count). The summed E-state index contributed by atoms with van der Waals surface area (Å²) in [6.07, 6.45) is 0.303. The minimum atomic E-state index is -0.583. The van der Waals surface area contributed by atoms with E-state index < -0.39 is 6.10 Å². The first kappa shape index (κ1) is 20.5. The monoisotopic (exact) mass is 415 g/mol. The van der Waals surface area contributed by atoms with Crippen molar-refractivity contribution in [3.8, 4) is 5.75 Å². The molecule has 148 valence electrons. The number of benzene rings is 2. The minimum Gasteiger partial charge on any atom is -0.477 e. The number of thiocarbonyl (C=S) groups is 1. The molecule has 2 aromatic rings. The zero-order chi connectivity index (χ0) is 19.8. The maximum atomic E-state index is 12.4. The molecular formula is C21H25N3O2S2. The number of anilines is 1. The van der Waals surface area contributed by atoms with Gasteiger partial charge in [0, 0.05) is 23.7 Å². The summed E-state index contributed by atoms with van der Waals surface area (Å²) >= 11 is 7.41. The van der Waals surface area contributed by atoms with E-state index in [0.717, 1.165) is 24.4 Å². The number of amides is 1. The Labute approximate surface area is 175 Å². The van der Waals surface area contributed by atoms with Gasteiger partial charge in [-0.25, -0.2) is 0 Å². The van der Waals surface area contributed by atoms with Gasteiger partial charge in [-0.15, -0.1) is 11.8 Å². The molecule has 7 heteroatoms. The molecule has 0 aromatic heterocycles. The average Bonchev–Trinajstić information content (AvgIpc) is 2.74. The lowest BCUT2D eigenvalue weighted by Gasteiger charge is -2.35. The zero-order valence-corrected chi connectivity index (χ0v) is 17.5. The molecule has 1 atom stereocenters. The van der Waals surface area contributed by atoms with Crippen molar-refractivity contribution in [3.63, 3.8) is 0 Å². The van der Waals surface area contributed by atoms with E-state index in [-0.39, 0.29) is 5.91 Å². The Bertz CT molecular complexity index is 801. The molecule has 1 amide bonds. The van der Waals surface area contributed by atoms with Gasteiger partial charge in [-0.2, -0.15) is 0 Å². The highest BCUT2D eigenvalue weighted by Gasteiger charge is 2.32. The van der Waals surface area contributed by atoms with Gasteiger partial charge in [0.1, 0.15) is 5.75 Å². The van der Waals surface area contributed by atoms with Crippen molar-refractivity contribution in [1.82, 2.24) is 10.6 Å². The highest BCUT2D eigenvalue weighted by atomic mass is 32.2. The number of fused-ring (bicyclic) bond motifs is 1. The molecule has 0 radical (unpaired) electrons. The number of carbonyl (C=O) groups excluding carboxylic acids is 1. The van der Waals surface area contributed by atoms with E-state index in [2.05, 4.69) is 22.8 Å². The van der Waals surface area contributed by atoms with Gasteiger partial charge in [0.15, 0.2) is 11.2 Å². The van der Waals surface area contributed by atoms with Gasteiger partial charge in [0.2, 0.25) is 0 Å². The molecule has 0 saturated carbocycles. The molecular weight excluding hydrogens is 390 g/mol. The second-order valence-corrected chi connectivity index (χ2v) is 7.92. The molecule has 0 bridgehead atoms. The lowest BCUT2D eigenvalue weighted by Crippen LogP contribution is -2.53. The van der Waals surface area contributed by atoms with Gasteiger partial charge in [-0.05, 0) is 42.9 Å². The third kappa shape index (κ3) is 5.39. The Morgan fingerprint density at radius 3 is 2.68 bits per heavy atom. The van der Waals surface area contributed by atoms with Crippen LogP contribution in [0.2, 0.25) is 0 Å². The van der Waals surface area contributed by atoms with Crippen molar-refractivity contribution in [2.75, 3.05) is 30.3 Å². The van der Waals surface area contributed by atoms with Crippen LogP contribution in [0.3, 0.4) is 0 Å². The van der Waals surface area contributed by atoms with E-state index in [1.165, 1.54) is 4.90 Å². The standard InChI is InChI=1S/C21H25N3O2S2/c1-2-12-22-20(25)19-15-24(17-10-6-7-11-18(17)26-19)21(27)23-13-14-28-16-8-4-3-5-9-16/h3-11,19H,2,12-15H2,1H3,(H,22,25)(H,23,27)/t19-/m1/s1. The number of carbonyl (C=O) groups is 1. The lowest BCUT2D eigenvalue weighted by molar-refractivity contribution is -0.127. The van der Waals surface area contributed by atoms with Gasteiger partial charge in [-0.3, -0.25) is 4.79 Å². The molecule has 28 heavy (non-hydrogen) atoms. The number of rotatable bonds is 7. The Kier molecular flexibility index (Phi) is 7.56. The van der Waals surface area contributed by atoms with Crippen molar-refractivity contribution in [1.29, 1.82) is 0 Å². The fraction of sp³-hybridized carbons (Fsp3) is 0.333. The number of para-hydroxylation sites is 2. The second-order valence-electron chi connectivity index (χ2n) is 6.37. The highest BCUT2D eigenvalue weighted by Crippen LogP contribution is 2.33. The summed E-state index contributed by atoms with van der Waals surface area (Å²) in [5, 5.41) is 6.83. The van der Waals surface area contributed by atoms with Gasteiger partial charge in [0.25, 0.3) is 5.91 Å². The first-order valence-corrected chi connectivity index (χ1v) is 10.8. The molecule has 2 aromatic carbocycles. The van der Waals surface area contributed by atoms with Crippen molar-refractivity contribution in [3.05, 3.63) is 54.6 Å². The summed E-state index contributed by atoms with van der Waals surface area (Å²) in [6.45, 7) is 3.80. The predicted molar refractivity (Wildman–Crippen MR) is 119 cm³/mol. The molecule has 5 nitrogen and oxygen atoms in total. The number of hydrogen-bond donors (Lipinski definition) is 2. The van der Waals surface area contributed by atoms with Gasteiger partial charge < -0.3 is 20.3 Å². The third-order valence-corrected chi connectivity index (χ3v) is 5.63. The summed E-state index contributed by atoms with van der Waals surface area (Å²) in [6, 6.07) is 18.0. The fourth-order valence-corrected chi connectivity index (χ4v) is 3.93. The Morgan fingerprint density at radius 2 is 1.89 bits per heavy atom. The van der Waals surface area contributed by atoms with Crippen LogP contribution in [0.5, 0.6) is 5.75 Å². The molecule has 0 fully saturated rings. The largest absolute Gasteiger partial charge is 0.477 e. The molecule has 1 aliphatic rings. The lowest BCUT2D eigenvalue weighted by atomic mass is 10.2. The van der Waals surface area contributed by atoms with Gasteiger partial charge in [0.05, 0.1) is 12.2 Å². The van der Waals surface area contributed by atoms with Crippen LogP contribution < -0.4 is 20.3 Å². The van der Waals surface area contributed by atoms with E-state index in [9.17, 15) is 4.79 Å². The third-order valence-electron chi connectivity index (χ3n) is 4.25. The quantitative estimate of drug-likeness (QED) is 0.410. The highest BCUT2D eigenvalue weighted by molar-refractivity contribution is 7.99. The van der Waals surface area contributed by atoms with Crippen molar-refractivity contribution < 1.29 is 9.53 Å². The van der Waals surface area contributed by atoms with Crippen LogP contribution >= 0.6 is 24.0 Å². The van der Waals surface area contributed by atoms with E-state index in [1.54, 1.807) is 11.8 Å². The van der Waals surface area contributed by atoms with E-state index in [0.29, 0.717) is 24.0 Å². The number of nitrogens with one attached hydrogen (secondary N) is 2. The van der Waals surface area contributed by atoms with Crippen LogP contribution in [0.15, 0.2) is 59.5 Å². The van der Waals surface area contributed by atoms with Crippen molar-refractivity contribution >= 4 is 40.7 Å². The second kappa shape index (κ2) is 10.3. The van der Waals surface area contributed by atoms with Crippen LogP contribution in [0.1, 0.15) is 13.3 Å². The van der Waals surface area contributed by atoms with Crippen LogP contribution in [0, 0.1) is 0 Å².